The highest BCUT2D eigenvalue weighted by Gasteiger charge is 2.17. The van der Waals surface area contributed by atoms with E-state index in [9.17, 15) is 4.79 Å². The van der Waals surface area contributed by atoms with Gasteiger partial charge in [0.2, 0.25) is 5.91 Å². The number of thioether (sulfide) groups is 1. The lowest BCUT2D eigenvalue weighted by molar-refractivity contribution is -0.116. The lowest BCUT2D eigenvalue weighted by atomic mass is 10.1. The van der Waals surface area contributed by atoms with E-state index in [4.69, 9.17) is 0 Å². The van der Waals surface area contributed by atoms with Crippen molar-refractivity contribution < 1.29 is 4.79 Å². The topological polar surface area (TPSA) is 41.1 Å². The Kier molecular flexibility index (Phi) is 7.28. The number of amides is 1. The minimum absolute atomic E-state index is 0. The summed E-state index contributed by atoms with van der Waals surface area (Å²) in [6, 6.07) is 8.46. The summed E-state index contributed by atoms with van der Waals surface area (Å²) in [5, 5.41) is 6.29. The van der Waals surface area contributed by atoms with Crippen LogP contribution in [-0.4, -0.2) is 24.7 Å². The highest BCUT2D eigenvalue weighted by molar-refractivity contribution is 7.97. The molecule has 1 amide bonds. The molecule has 1 fully saturated rings. The monoisotopic (exact) mass is 300 g/mol. The maximum Gasteiger partial charge on any atom is 0.225 e. The van der Waals surface area contributed by atoms with E-state index in [1.165, 1.54) is 12.0 Å². The quantitative estimate of drug-likeness (QED) is 0.878. The average Bonchev–Trinajstić information content (AvgIpc) is 2.84. The van der Waals surface area contributed by atoms with Crippen LogP contribution in [0, 0.1) is 0 Å². The smallest absolute Gasteiger partial charge is 0.225 e. The number of carbonyl (C=O) groups is 1. The second kappa shape index (κ2) is 8.46. The number of hydrogen-bond acceptors (Lipinski definition) is 3. The summed E-state index contributed by atoms with van der Waals surface area (Å²) >= 11 is 1.80. The van der Waals surface area contributed by atoms with E-state index < -0.39 is 0 Å². The number of rotatable bonds is 5. The van der Waals surface area contributed by atoms with Gasteiger partial charge in [0.1, 0.15) is 0 Å². The van der Waals surface area contributed by atoms with Gasteiger partial charge >= 0.3 is 0 Å². The highest BCUT2D eigenvalue weighted by Crippen LogP contribution is 2.15. The third-order valence-corrected chi connectivity index (χ3v) is 3.76. The molecule has 1 unspecified atom stereocenters. The number of nitrogens with one attached hydrogen (secondary N) is 2. The molecule has 19 heavy (non-hydrogen) atoms. The minimum atomic E-state index is 0. The summed E-state index contributed by atoms with van der Waals surface area (Å²) in [4.78, 5) is 11.8. The molecule has 0 radical (unpaired) electrons. The standard InChI is InChI=1S/C14H20N2OS.ClH/c1-18-10-11-4-6-12(7-5-11)16-14(17)9-13-3-2-8-15-13;/h4-7,13,15H,2-3,8-10H2,1H3,(H,16,17);1H. The van der Waals surface area contributed by atoms with Crippen LogP contribution in [-0.2, 0) is 10.5 Å². The minimum Gasteiger partial charge on any atom is -0.326 e. The van der Waals surface area contributed by atoms with Crippen molar-refractivity contribution >= 4 is 35.8 Å². The van der Waals surface area contributed by atoms with Gasteiger partial charge in [-0.15, -0.1) is 12.4 Å². The van der Waals surface area contributed by atoms with E-state index >= 15 is 0 Å². The third-order valence-electron chi connectivity index (χ3n) is 3.14. The Labute approximate surface area is 125 Å². The molecule has 0 saturated carbocycles. The molecule has 0 bridgehead atoms. The predicted molar refractivity (Wildman–Crippen MR) is 85.2 cm³/mol. The van der Waals surface area contributed by atoms with Crippen LogP contribution in [0.1, 0.15) is 24.8 Å². The Morgan fingerprint density at radius 1 is 1.42 bits per heavy atom. The van der Waals surface area contributed by atoms with Crippen LogP contribution in [0.3, 0.4) is 0 Å². The highest BCUT2D eigenvalue weighted by atomic mass is 35.5. The SMILES string of the molecule is CSCc1ccc(NC(=O)CC2CCCN2)cc1.Cl. The first kappa shape index (κ1) is 16.3. The second-order valence-corrected chi connectivity index (χ2v) is 5.54. The van der Waals surface area contributed by atoms with Crippen molar-refractivity contribution in [2.24, 2.45) is 0 Å². The van der Waals surface area contributed by atoms with Gasteiger partial charge in [-0.05, 0) is 43.3 Å². The van der Waals surface area contributed by atoms with E-state index in [-0.39, 0.29) is 18.3 Å². The molecular weight excluding hydrogens is 280 g/mol. The van der Waals surface area contributed by atoms with Gasteiger partial charge in [-0.2, -0.15) is 11.8 Å². The van der Waals surface area contributed by atoms with Crippen molar-refractivity contribution in [1.82, 2.24) is 5.32 Å². The summed E-state index contributed by atoms with van der Waals surface area (Å²) in [6.07, 6.45) is 4.96. The first-order valence-corrected chi connectivity index (χ1v) is 7.78. The molecule has 3 nitrogen and oxygen atoms in total. The first-order chi connectivity index (χ1) is 8.78. The molecule has 5 heteroatoms. The van der Waals surface area contributed by atoms with Gasteiger partial charge in [-0.3, -0.25) is 4.79 Å². The third kappa shape index (κ3) is 5.43. The van der Waals surface area contributed by atoms with Gasteiger partial charge < -0.3 is 10.6 Å². The van der Waals surface area contributed by atoms with Gasteiger partial charge in [0, 0.05) is 23.9 Å². The zero-order valence-electron chi connectivity index (χ0n) is 11.1. The van der Waals surface area contributed by atoms with E-state index in [1.54, 1.807) is 11.8 Å². The zero-order valence-corrected chi connectivity index (χ0v) is 12.8. The molecule has 2 N–H and O–H groups in total. The van der Waals surface area contributed by atoms with Gasteiger partial charge in [-0.1, -0.05) is 12.1 Å². The van der Waals surface area contributed by atoms with Crippen LogP contribution in [0.2, 0.25) is 0 Å². The van der Waals surface area contributed by atoms with E-state index in [1.807, 2.05) is 12.1 Å². The largest absolute Gasteiger partial charge is 0.326 e. The lowest BCUT2D eigenvalue weighted by Gasteiger charge is -2.10. The number of halogens is 1. The van der Waals surface area contributed by atoms with Gasteiger partial charge in [0.25, 0.3) is 0 Å². The molecular formula is C14H21ClN2OS. The lowest BCUT2D eigenvalue weighted by Crippen LogP contribution is -2.27. The Balaban J connectivity index is 0.00000180. The number of hydrogen-bond donors (Lipinski definition) is 2. The zero-order chi connectivity index (χ0) is 12.8. The van der Waals surface area contributed by atoms with Crippen molar-refractivity contribution in [3.63, 3.8) is 0 Å². The summed E-state index contributed by atoms with van der Waals surface area (Å²) < 4.78 is 0. The fourth-order valence-electron chi connectivity index (χ4n) is 2.22. The molecule has 1 atom stereocenters. The summed E-state index contributed by atoms with van der Waals surface area (Å²) in [5.41, 5.74) is 2.18. The predicted octanol–water partition coefficient (Wildman–Crippen LogP) is 3.05. The molecule has 1 aromatic rings. The fourth-order valence-corrected chi connectivity index (χ4v) is 2.74. The van der Waals surface area contributed by atoms with Crippen molar-refractivity contribution in [3.05, 3.63) is 29.8 Å². The molecule has 1 aliphatic heterocycles. The Morgan fingerprint density at radius 2 is 2.16 bits per heavy atom. The molecule has 1 saturated heterocycles. The number of benzene rings is 1. The van der Waals surface area contributed by atoms with E-state index in [2.05, 4.69) is 29.0 Å². The molecule has 1 aromatic carbocycles. The average molecular weight is 301 g/mol. The summed E-state index contributed by atoms with van der Waals surface area (Å²) in [6.45, 7) is 1.04. The van der Waals surface area contributed by atoms with Gasteiger partial charge in [-0.25, -0.2) is 0 Å². The van der Waals surface area contributed by atoms with Crippen molar-refractivity contribution in [1.29, 1.82) is 0 Å². The van der Waals surface area contributed by atoms with Crippen molar-refractivity contribution in [2.45, 2.75) is 31.1 Å². The summed E-state index contributed by atoms with van der Waals surface area (Å²) in [5.74, 6) is 1.12. The molecule has 0 spiro atoms. The second-order valence-electron chi connectivity index (χ2n) is 4.68. The van der Waals surface area contributed by atoms with Crippen LogP contribution in [0.5, 0.6) is 0 Å². The van der Waals surface area contributed by atoms with Crippen molar-refractivity contribution in [3.8, 4) is 0 Å². The van der Waals surface area contributed by atoms with E-state index in [0.29, 0.717) is 12.5 Å². The molecule has 0 aliphatic carbocycles. The molecule has 1 heterocycles. The normalized spacial score (nSPS) is 17.8. The Bertz CT molecular complexity index is 391. The number of carbonyl (C=O) groups excluding carboxylic acids is 1. The van der Waals surface area contributed by atoms with Gasteiger partial charge in [0.15, 0.2) is 0 Å². The van der Waals surface area contributed by atoms with Crippen molar-refractivity contribution in [2.75, 3.05) is 18.1 Å². The molecule has 0 aromatic heterocycles. The first-order valence-electron chi connectivity index (χ1n) is 6.39. The van der Waals surface area contributed by atoms with Crippen LogP contribution >= 0.6 is 24.2 Å². The van der Waals surface area contributed by atoms with Crippen LogP contribution in [0.25, 0.3) is 0 Å². The van der Waals surface area contributed by atoms with Crippen LogP contribution in [0.4, 0.5) is 5.69 Å². The van der Waals surface area contributed by atoms with Gasteiger partial charge in [0.05, 0.1) is 0 Å². The fraction of sp³-hybridized carbons (Fsp3) is 0.500. The van der Waals surface area contributed by atoms with Crippen LogP contribution < -0.4 is 10.6 Å². The number of anilines is 1. The van der Waals surface area contributed by atoms with E-state index in [0.717, 1.165) is 24.4 Å². The molecule has 2 rings (SSSR count). The Morgan fingerprint density at radius 3 is 2.74 bits per heavy atom. The Hall–Kier alpha value is -0.710. The molecule has 1 aliphatic rings. The molecule has 106 valence electrons. The van der Waals surface area contributed by atoms with Crippen LogP contribution in [0.15, 0.2) is 24.3 Å². The maximum atomic E-state index is 11.8. The summed E-state index contributed by atoms with van der Waals surface area (Å²) in [7, 11) is 0. The maximum absolute atomic E-state index is 11.8.